The van der Waals surface area contributed by atoms with E-state index in [9.17, 15) is 9.59 Å². The third kappa shape index (κ3) is 6.23. The molecule has 1 fully saturated rings. The van der Waals surface area contributed by atoms with Gasteiger partial charge in [-0.2, -0.15) is 0 Å². The number of amides is 2. The normalized spacial score (nSPS) is 15.4. The molecule has 1 aliphatic rings. The van der Waals surface area contributed by atoms with Crippen LogP contribution in [0.25, 0.3) is 6.08 Å². The van der Waals surface area contributed by atoms with Crippen LogP contribution >= 0.6 is 0 Å². The van der Waals surface area contributed by atoms with Crippen molar-refractivity contribution in [3.05, 3.63) is 35.9 Å². The van der Waals surface area contributed by atoms with Gasteiger partial charge in [-0.1, -0.05) is 12.1 Å². The van der Waals surface area contributed by atoms with Crippen molar-refractivity contribution in [2.45, 2.75) is 6.92 Å². The summed E-state index contributed by atoms with van der Waals surface area (Å²) in [6, 6.07) is 8.04. The van der Waals surface area contributed by atoms with Gasteiger partial charge in [0.2, 0.25) is 11.8 Å². The van der Waals surface area contributed by atoms with Crippen molar-refractivity contribution in [3.63, 3.8) is 0 Å². The SMILES string of the molecule is CC(=O)N1CCN(CCNC(=O)/C=C/c2ccc(N(C)C)cc2)CC1. The summed E-state index contributed by atoms with van der Waals surface area (Å²) in [4.78, 5) is 29.4. The van der Waals surface area contributed by atoms with Gasteiger partial charge in [-0.05, 0) is 23.8 Å². The number of nitrogens with zero attached hydrogens (tertiary/aromatic N) is 3. The smallest absolute Gasteiger partial charge is 0.244 e. The summed E-state index contributed by atoms with van der Waals surface area (Å²) >= 11 is 0. The van der Waals surface area contributed by atoms with E-state index in [1.807, 2.05) is 54.2 Å². The van der Waals surface area contributed by atoms with Crippen LogP contribution in [0.2, 0.25) is 0 Å². The van der Waals surface area contributed by atoms with Crippen molar-refractivity contribution in [2.75, 3.05) is 58.3 Å². The third-order valence-corrected chi connectivity index (χ3v) is 4.38. The van der Waals surface area contributed by atoms with Gasteiger partial charge in [-0.3, -0.25) is 14.5 Å². The Labute approximate surface area is 150 Å². The summed E-state index contributed by atoms with van der Waals surface area (Å²) in [5, 5.41) is 2.91. The standard InChI is InChI=1S/C19H28N4O2/c1-16(24)23-14-12-22(13-15-23)11-10-20-19(25)9-6-17-4-7-18(8-5-17)21(2)3/h4-9H,10-15H2,1-3H3,(H,20,25)/b9-6+. The van der Waals surface area contributed by atoms with Gasteiger partial charge in [-0.15, -0.1) is 0 Å². The molecule has 0 radical (unpaired) electrons. The van der Waals surface area contributed by atoms with Gasteiger partial charge in [0.1, 0.15) is 0 Å². The molecular weight excluding hydrogens is 316 g/mol. The maximum atomic E-state index is 11.9. The first-order valence-electron chi connectivity index (χ1n) is 8.67. The van der Waals surface area contributed by atoms with E-state index in [0.29, 0.717) is 6.54 Å². The van der Waals surface area contributed by atoms with Crippen molar-refractivity contribution >= 4 is 23.6 Å². The fourth-order valence-electron chi connectivity index (χ4n) is 2.74. The number of nitrogens with one attached hydrogen (secondary N) is 1. The summed E-state index contributed by atoms with van der Waals surface area (Å²) in [6.45, 7) is 6.30. The molecular formula is C19H28N4O2. The highest BCUT2D eigenvalue weighted by Crippen LogP contribution is 2.13. The molecule has 1 heterocycles. The lowest BCUT2D eigenvalue weighted by Gasteiger charge is -2.34. The maximum Gasteiger partial charge on any atom is 0.244 e. The first kappa shape index (κ1) is 19.0. The van der Waals surface area contributed by atoms with Crippen LogP contribution in [0.5, 0.6) is 0 Å². The molecule has 0 saturated carbocycles. The van der Waals surface area contributed by atoms with Gasteiger partial charge < -0.3 is 15.1 Å². The number of piperazine rings is 1. The average molecular weight is 344 g/mol. The van der Waals surface area contributed by atoms with Crippen molar-refractivity contribution in [1.29, 1.82) is 0 Å². The number of hydrogen-bond donors (Lipinski definition) is 1. The minimum absolute atomic E-state index is 0.0842. The fourth-order valence-corrected chi connectivity index (χ4v) is 2.74. The fraction of sp³-hybridized carbons (Fsp3) is 0.474. The molecule has 0 aliphatic carbocycles. The Morgan fingerprint density at radius 1 is 1.12 bits per heavy atom. The quantitative estimate of drug-likeness (QED) is 0.784. The Morgan fingerprint density at radius 2 is 1.76 bits per heavy atom. The zero-order valence-electron chi connectivity index (χ0n) is 15.4. The van der Waals surface area contributed by atoms with E-state index in [-0.39, 0.29) is 11.8 Å². The van der Waals surface area contributed by atoms with Crippen LogP contribution in [-0.4, -0.2) is 75.0 Å². The zero-order valence-corrected chi connectivity index (χ0v) is 15.4. The van der Waals surface area contributed by atoms with E-state index in [1.54, 1.807) is 13.0 Å². The summed E-state index contributed by atoms with van der Waals surface area (Å²) in [7, 11) is 4.00. The van der Waals surface area contributed by atoms with Crippen LogP contribution in [0, 0.1) is 0 Å². The molecule has 2 rings (SSSR count). The van der Waals surface area contributed by atoms with Gasteiger partial charge >= 0.3 is 0 Å². The Morgan fingerprint density at radius 3 is 2.32 bits per heavy atom. The van der Waals surface area contributed by atoms with Gasteiger partial charge in [0.15, 0.2) is 0 Å². The molecule has 1 aromatic rings. The topological polar surface area (TPSA) is 55.9 Å². The van der Waals surface area contributed by atoms with Crippen LogP contribution in [0.15, 0.2) is 30.3 Å². The van der Waals surface area contributed by atoms with Crippen LogP contribution in [-0.2, 0) is 9.59 Å². The molecule has 1 N–H and O–H groups in total. The second-order valence-electron chi connectivity index (χ2n) is 6.46. The lowest BCUT2D eigenvalue weighted by atomic mass is 10.2. The van der Waals surface area contributed by atoms with Crippen molar-refractivity contribution in [2.24, 2.45) is 0 Å². The summed E-state index contributed by atoms with van der Waals surface area (Å²) in [5.41, 5.74) is 2.13. The van der Waals surface area contributed by atoms with E-state index in [4.69, 9.17) is 0 Å². The lowest BCUT2D eigenvalue weighted by molar-refractivity contribution is -0.130. The van der Waals surface area contributed by atoms with Crippen LogP contribution in [0.4, 0.5) is 5.69 Å². The Bertz CT molecular complexity index is 602. The monoisotopic (exact) mass is 344 g/mol. The van der Waals surface area contributed by atoms with E-state index in [2.05, 4.69) is 10.2 Å². The number of benzene rings is 1. The van der Waals surface area contributed by atoms with Gasteiger partial charge in [0.25, 0.3) is 0 Å². The van der Waals surface area contributed by atoms with Gasteiger partial charge in [0.05, 0.1) is 0 Å². The second kappa shape index (κ2) is 9.22. The highest BCUT2D eigenvalue weighted by molar-refractivity contribution is 5.91. The Hall–Kier alpha value is -2.34. The first-order chi connectivity index (χ1) is 12.0. The predicted octanol–water partition coefficient (Wildman–Crippen LogP) is 1.05. The van der Waals surface area contributed by atoms with E-state index < -0.39 is 0 Å². The van der Waals surface area contributed by atoms with Crippen molar-refractivity contribution in [3.8, 4) is 0 Å². The van der Waals surface area contributed by atoms with Crippen molar-refractivity contribution < 1.29 is 9.59 Å². The lowest BCUT2D eigenvalue weighted by Crippen LogP contribution is -2.49. The summed E-state index contributed by atoms with van der Waals surface area (Å²) < 4.78 is 0. The Kier molecular flexibility index (Phi) is 7.01. The molecule has 0 aromatic heterocycles. The number of hydrogen-bond acceptors (Lipinski definition) is 4. The molecule has 0 bridgehead atoms. The number of rotatable bonds is 6. The summed E-state index contributed by atoms with van der Waals surface area (Å²) in [6.07, 6.45) is 3.39. The number of anilines is 1. The highest BCUT2D eigenvalue weighted by Gasteiger charge is 2.17. The van der Waals surface area contributed by atoms with Gasteiger partial charge in [-0.25, -0.2) is 0 Å². The minimum atomic E-state index is -0.0842. The zero-order chi connectivity index (χ0) is 18.2. The molecule has 0 atom stereocenters. The van der Waals surface area contributed by atoms with Crippen molar-refractivity contribution in [1.82, 2.24) is 15.1 Å². The van der Waals surface area contributed by atoms with Crippen LogP contribution in [0.1, 0.15) is 12.5 Å². The molecule has 6 heteroatoms. The molecule has 1 aliphatic heterocycles. The number of carbonyl (C=O) groups excluding carboxylic acids is 2. The molecule has 1 saturated heterocycles. The van der Waals surface area contributed by atoms with Crippen LogP contribution < -0.4 is 10.2 Å². The summed E-state index contributed by atoms with van der Waals surface area (Å²) in [5.74, 6) is 0.0516. The van der Waals surface area contributed by atoms with Gasteiger partial charge in [0, 0.05) is 72.1 Å². The van der Waals surface area contributed by atoms with E-state index >= 15 is 0 Å². The predicted molar refractivity (Wildman–Crippen MR) is 102 cm³/mol. The molecule has 6 nitrogen and oxygen atoms in total. The molecule has 0 spiro atoms. The third-order valence-electron chi connectivity index (χ3n) is 4.38. The molecule has 2 amide bonds. The second-order valence-corrected chi connectivity index (χ2v) is 6.46. The molecule has 0 unspecified atom stereocenters. The molecule has 25 heavy (non-hydrogen) atoms. The first-order valence-corrected chi connectivity index (χ1v) is 8.67. The number of carbonyl (C=O) groups is 2. The highest BCUT2D eigenvalue weighted by atomic mass is 16.2. The van der Waals surface area contributed by atoms with Crippen LogP contribution in [0.3, 0.4) is 0 Å². The molecule has 1 aromatic carbocycles. The molecule has 136 valence electrons. The van der Waals surface area contributed by atoms with E-state index in [0.717, 1.165) is 44.0 Å². The largest absolute Gasteiger partial charge is 0.378 e. The van der Waals surface area contributed by atoms with E-state index in [1.165, 1.54) is 0 Å². The maximum absolute atomic E-state index is 11.9. The minimum Gasteiger partial charge on any atom is -0.378 e. The average Bonchev–Trinajstić information content (AvgIpc) is 2.60. The Balaban J connectivity index is 1.68.